The molecule has 3 atom stereocenters. The van der Waals surface area contributed by atoms with Gasteiger partial charge >= 0.3 is 6.09 Å². The lowest BCUT2D eigenvalue weighted by Crippen LogP contribution is -2.41. The highest BCUT2D eigenvalue weighted by molar-refractivity contribution is 5.99. The Morgan fingerprint density at radius 2 is 2.10 bits per heavy atom. The highest BCUT2D eigenvalue weighted by atomic mass is 16.6. The number of para-hydroxylation sites is 1. The molecule has 0 aliphatic carbocycles. The summed E-state index contributed by atoms with van der Waals surface area (Å²) in [4.78, 5) is 25.9. The molecule has 152 valence electrons. The highest BCUT2D eigenvalue weighted by Crippen LogP contribution is 2.32. The van der Waals surface area contributed by atoms with Crippen LogP contribution in [0.25, 0.3) is 11.0 Å². The first-order valence-electron chi connectivity index (χ1n) is 9.38. The van der Waals surface area contributed by atoms with Gasteiger partial charge in [-0.25, -0.2) is 4.79 Å². The van der Waals surface area contributed by atoms with Crippen molar-refractivity contribution in [2.75, 3.05) is 23.9 Å². The van der Waals surface area contributed by atoms with Crippen LogP contribution in [0.2, 0.25) is 0 Å². The summed E-state index contributed by atoms with van der Waals surface area (Å²) >= 11 is 0. The van der Waals surface area contributed by atoms with E-state index >= 15 is 0 Å². The number of carbonyl (C=O) groups is 1. The largest absolute Gasteiger partial charge is 0.496 e. The van der Waals surface area contributed by atoms with Gasteiger partial charge in [0.2, 0.25) is 5.95 Å². The summed E-state index contributed by atoms with van der Waals surface area (Å²) in [5.41, 5.74) is 1.53. The van der Waals surface area contributed by atoms with E-state index < -0.39 is 18.2 Å². The van der Waals surface area contributed by atoms with Gasteiger partial charge in [-0.05, 0) is 26.0 Å². The zero-order valence-corrected chi connectivity index (χ0v) is 16.4. The summed E-state index contributed by atoms with van der Waals surface area (Å²) in [6.45, 7) is 3.70. The van der Waals surface area contributed by atoms with E-state index in [1.807, 2.05) is 31.2 Å². The first-order chi connectivity index (χ1) is 14.0. The number of benzene rings is 1. The Morgan fingerprint density at radius 3 is 2.86 bits per heavy atom. The van der Waals surface area contributed by atoms with Gasteiger partial charge in [0.05, 0.1) is 24.6 Å². The van der Waals surface area contributed by atoms with Crippen molar-refractivity contribution >= 4 is 28.9 Å². The predicted octanol–water partition coefficient (Wildman–Crippen LogP) is 2.85. The second kappa shape index (κ2) is 7.59. The van der Waals surface area contributed by atoms with Crippen LogP contribution < -0.4 is 15.0 Å². The molecule has 1 aliphatic heterocycles. The molecule has 1 aliphatic rings. The second-order valence-electron chi connectivity index (χ2n) is 6.97. The summed E-state index contributed by atoms with van der Waals surface area (Å²) in [6, 6.07) is 8.82. The lowest BCUT2D eigenvalue weighted by Gasteiger charge is -2.24. The molecule has 0 unspecified atom stereocenters. The topological polar surface area (TPSA) is 113 Å². The zero-order valence-electron chi connectivity index (χ0n) is 16.4. The van der Waals surface area contributed by atoms with Crippen LogP contribution in [-0.4, -0.2) is 52.0 Å². The number of methoxy groups -OCH3 is 1. The lowest BCUT2D eigenvalue weighted by molar-refractivity contribution is 0.142. The third kappa shape index (κ3) is 3.44. The molecule has 0 saturated carbocycles. The molecule has 29 heavy (non-hydrogen) atoms. The summed E-state index contributed by atoms with van der Waals surface area (Å²) in [6.07, 6.45) is 0.421. The van der Waals surface area contributed by atoms with E-state index in [1.165, 1.54) is 4.90 Å². The van der Waals surface area contributed by atoms with Crippen molar-refractivity contribution in [3.63, 3.8) is 0 Å². The number of fused-ring (bicyclic) bond motifs is 1. The fraction of sp³-hybridized carbons (Fsp3) is 0.350. The number of carbonyl (C=O) groups excluding carboxylic acids is 1. The fourth-order valence-corrected chi connectivity index (χ4v) is 3.50. The third-order valence-corrected chi connectivity index (χ3v) is 5.04. The van der Waals surface area contributed by atoms with Crippen molar-refractivity contribution in [3.05, 3.63) is 42.1 Å². The fourth-order valence-electron chi connectivity index (χ4n) is 3.50. The number of aliphatic hydroxyl groups is 1. The van der Waals surface area contributed by atoms with Crippen LogP contribution in [0.4, 0.5) is 16.6 Å². The molecule has 1 fully saturated rings. The number of H-pyrrole nitrogens is 1. The number of cyclic esters (lactones) is 1. The van der Waals surface area contributed by atoms with E-state index in [1.54, 1.807) is 26.3 Å². The molecule has 9 heteroatoms. The molecular weight excluding hydrogens is 374 g/mol. The molecule has 3 heterocycles. The van der Waals surface area contributed by atoms with Crippen LogP contribution in [-0.2, 0) is 4.74 Å². The smallest absolute Gasteiger partial charge is 0.416 e. The molecule has 4 rings (SSSR count). The molecule has 0 radical (unpaired) electrons. The monoisotopic (exact) mass is 397 g/mol. The van der Waals surface area contributed by atoms with Gasteiger partial charge in [0, 0.05) is 11.8 Å². The van der Waals surface area contributed by atoms with Crippen LogP contribution in [0, 0.1) is 0 Å². The molecule has 2 aromatic heterocycles. The van der Waals surface area contributed by atoms with E-state index in [4.69, 9.17) is 9.47 Å². The number of nitrogens with zero attached hydrogens (tertiary/aromatic N) is 3. The first kappa shape index (κ1) is 19.0. The van der Waals surface area contributed by atoms with Crippen LogP contribution in [0.5, 0.6) is 5.75 Å². The maximum Gasteiger partial charge on any atom is 0.416 e. The first-order valence-corrected chi connectivity index (χ1v) is 9.38. The number of aromatic amines is 1. The molecule has 3 aromatic rings. The Hall–Kier alpha value is -3.33. The average Bonchev–Trinajstić information content (AvgIpc) is 3.33. The minimum Gasteiger partial charge on any atom is -0.496 e. The molecular formula is C20H23N5O4. The summed E-state index contributed by atoms with van der Waals surface area (Å²) in [7, 11) is 1.63. The molecule has 0 bridgehead atoms. The Balaban J connectivity index is 1.73. The number of ether oxygens (including phenoxy) is 2. The van der Waals surface area contributed by atoms with Crippen LogP contribution >= 0.6 is 0 Å². The highest BCUT2D eigenvalue weighted by Gasteiger charge is 2.39. The minimum atomic E-state index is -0.769. The summed E-state index contributed by atoms with van der Waals surface area (Å²) < 4.78 is 10.6. The van der Waals surface area contributed by atoms with E-state index in [0.29, 0.717) is 22.8 Å². The second-order valence-corrected chi connectivity index (χ2v) is 6.97. The zero-order chi connectivity index (χ0) is 20.5. The quantitative estimate of drug-likeness (QED) is 0.586. The molecule has 3 N–H and O–H groups in total. The van der Waals surface area contributed by atoms with Crippen molar-refractivity contribution in [2.24, 2.45) is 0 Å². The SMILES string of the molecule is COc1ccccc1[C@H](C)Nc1nc(N2C(=O)OC[C@@H]2[C@@H](C)O)c2cc[nH]c2n1. The van der Waals surface area contributed by atoms with Crippen molar-refractivity contribution in [1.82, 2.24) is 15.0 Å². The predicted molar refractivity (Wildman–Crippen MR) is 108 cm³/mol. The summed E-state index contributed by atoms with van der Waals surface area (Å²) in [5.74, 6) is 1.49. The summed E-state index contributed by atoms with van der Waals surface area (Å²) in [5, 5.41) is 14.0. The Labute approximate surface area is 167 Å². The van der Waals surface area contributed by atoms with Gasteiger partial charge in [0.25, 0.3) is 0 Å². The number of rotatable bonds is 6. The number of aliphatic hydroxyl groups excluding tert-OH is 1. The molecule has 1 saturated heterocycles. The third-order valence-electron chi connectivity index (χ3n) is 5.04. The normalized spacial score (nSPS) is 18.6. The van der Waals surface area contributed by atoms with E-state index in [0.717, 1.165) is 11.3 Å². The maximum atomic E-state index is 12.4. The molecule has 0 spiro atoms. The van der Waals surface area contributed by atoms with Gasteiger partial charge in [-0.3, -0.25) is 4.90 Å². The lowest BCUT2D eigenvalue weighted by atomic mass is 10.1. The Kier molecular flexibility index (Phi) is 4.98. The van der Waals surface area contributed by atoms with Crippen LogP contribution in [0.1, 0.15) is 25.5 Å². The molecule has 9 nitrogen and oxygen atoms in total. The van der Waals surface area contributed by atoms with E-state index in [-0.39, 0.29) is 12.6 Å². The molecule has 1 amide bonds. The van der Waals surface area contributed by atoms with Crippen LogP contribution in [0.15, 0.2) is 36.5 Å². The minimum absolute atomic E-state index is 0.104. The molecule has 1 aromatic carbocycles. The van der Waals surface area contributed by atoms with Gasteiger partial charge in [0.1, 0.15) is 24.0 Å². The average molecular weight is 397 g/mol. The van der Waals surface area contributed by atoms with Crippen molar-refractivity contribution in [1.29, 1.82) is 0 Å². The Morgan fingerprint density at radius 1 is 1.31 bits per heavy atom. The van der Waals surface area contributed by atoms with Crippen molar-refractivity contribution in [3.8, 4) is 5.75 Å². The number of hydrogen-bond acceptors (Lipinski definition) is 7. The van der Waals surface area contributed by atoms with E-state index in [2.05, 4.69) is 20.3 Å². The van der Waals surface area contributed by atoms with Crippen molar-refractivity contribution in [2.45, 2.75) is 32.0 Å². The van der Waals surface area contributed by atoms with Gasteiger partial charge in [-0.15, -0.1) is 0 Å². The van der Waals surface area contributed by atoms with Gasteiger partial charge in [0.15, 0.2) is 5.82 Å². The number of hydrogen-bond donors (Lipinski definition) is 3. The number of nitrogens with one attached hydrogen (secondary N) is 2. The van der Waals surface area contributed by atoms with Gasteiger partial charge in [-0.2, -0.15) is 9.97 Å². The van der Waals surface area contributed by atoms with Crippen molar-refractivity contribution < 1.29 is 19.4 Å². The number of anilines is 2. The number of aromatic nitrogens is 3. The van der Waals surface area contributed by atoms with Gasteiger partial charge in [-0.1, -0.05) is 18.2 Å². The van der Waals surface area contributed by atoms with Crippen LogP contribution in [0.3, 0.4) is 0 Å². The Bertz CT molecular complexity index is 1030. The maximum absolute atomic E-state index is 12.4. The number of amides is 1. The van der Waals surface area contributed by atoms with E-state index in [9.17, 15) is 9.90 Å². The van der Waals surface area contributed by atoms with Gasteiger partial charge < -0.3 is 24.9 Å². The standard InChI is InChI=1S/C20H23N5O4/c1-11(13-6-4-5-7-16(13)28-3)22-19-23-17-14(8-9-21-17)18(24-19)25-15(12(2)26)10-29-20(25)27/h4-9,11-12,15,26H,10H2,1-3H3,(H2,21,22,23,24)/t11-,12+,15+/m0/s1.